The van der Waals surface area contributed by atoms with Gasteiger partial charge in [0.15, 0.2) is 0 Å². The molecule has 2 aromatic rings. The number of amides is 1. The van der Waals surface area contributed by atoms with Crippen LogP contribution in [0, 0.1) is 10.1 Å². The van der Waals surface area contributed by atoms with E-state index in [-0.39, 0.29) is 30.0 Å². The summed E-state index contributed by atoms with van der Waals surface area (Å²) < 4.78 is 0. The van der Waals surface area contributed by atoms with Crippen molar-refractivity contribution in [1.29, 1.82) is 0 Å². The third-order valence-electron chi connectivity index (χ3n) is 4.42. The van der Waals surface area contributed by atoms with Gasteiger partial charge in [-0.2, -0.15) is 0 Å². The molecule has 3 rings (SSSR count). The Bertz CT molecular complexity index is 969. The molecule has 1 aliphatic rings. The maximum atomic E-state index is 12.6. The van der Waals surface area contributed by atoms with Crippen LogP contribution >= 0.6 is 11.6 Å². The molecule has 1 atom stereocenters. The van der Waals surface area contributed by atoms with E-state index in [1.807, 2.05) is 0 Å². The van der Waals surface area contributed by atoms with Gasteiger partial charge in [0, 0.05) is 29.3 Å². The quantitative estimate of drug-likeness (QED) is 0.261. The minimum atomic E-state index is -0.917. The van der Waals surface area contributed by atoms with Crippen LogP contribution in [0.15, 0.2) is 54.1 Å². The highest BCUT2D eigenvalue weighted by molar-refractivity contribution is 6.46. The number of β-amino-alcohol motifs (C(OH)–C–C–N with tert-alkyl or cyclic N) is 1. The topological polar surface area (TPSA) is 121 Å². The number of hydrogen-bond acceptors (Lipinski definition) is 6. The minimum Gasteiger partial charge on any atom is -0.507 e. The van der Waals surface area contributed by atoms with Gasteiger partial charge in [-0.15, -0.1) is 0 Å². The van der Waals surface area contributed by atoms with Gasteiger partial charge in [-0.1, -0.05) is 23.7 Å². The van der Waals surface area contributed by atoms with Crippen LogP contribution < -0.4 is 0 Å². The molecular formula is C19H15ClN2O6. The summed E-state index contributed by atoms with van der Waals surface area (Å²) in [6.45, 7) is -0.469. The second-order valence-electron chi connectivity index (χ2n) is 6.07. The van der Waals surface area contributed by atoms with Crippen molar-refractivity contribution in [2.45, 2.75) is 6.04 Å². The highest BCUT2D eigenvalue weighted by Crippen LogP contribution is 2.39. The number of benzene rings is 2. The monoisotopic (exact) mass is 402 g/mol. The number of aliphatic hydroxyl groups excluding tert-OH is 2. The van der Waals surface area contributed by atoms with Crippen LogP contribution in [0.3, 0.4) is 0 Å². The smallest absolute Gasteiger partial charge is 0.295 e. The van der Waals surface area contributed by atoms with Crippen LogP contribution in [0.2, 0.25) is 5.02 Å². The largest absolute Gasteiger partial charge is 0.507 e. The molecule has 9 heteroatoms. The Balaban J connectivity index is 2.14. The van der Waals surface area contributed by atoms with Gasteiger partial charge in [-0.05, 0) is 29.8 Å². The number of likely N-dealkylation sites (tertiary alicyclic amines) is 1. The molecular weight excluding hydrogens is 388 g/mol. The summed E-state index contributed by atoms with van der Waals surface area (Å²) in [5, 5.41) is 31.3. The van der Waals surface area contributed by atoms with Crippen molar-refractivity contribution in [2.75, 3.05) is 13.2 Å². The standard InChI is InChI=1S/C19H15ClN2O6/c20-13-5-1-11(2-6-13)16-15(18(25)19(26)21(16)9-10-23)17(24)12-3-7-14(8-4-12)22(27)28/h1-8,16,23-24H,9-10H2. The summed E-state index contributed by atoms with van der Waals surface area (Å²) in [6, 6.07) is 10.5. The summed E-state index contributed by atoms with van der Waals surface area (Å²) in [5.41, 5.74) is 0.355. The molecule has 1 aliphatic heterocycles. The maximum absolute atomic E-state index is 12.6. The fourth-order valence-electron chi connectivity index (χ4n) is 3.11. The Kier molecular flexibility index (Phi) is 5.43. The molecule has 0 bridgehead atoms. The number of halogens is 1. The summed E-state index contributed by atoms with van der Waals surface area (Å²) in [4.78, 5) is 36.4. The van der Waals surface area contributed by atoms with Crippen molar-refractivity contribution in [2.24, 2.45) is 0 Å². The average Bonchev–Trinajstić information content (AvgIpc) is 2.93. The van der Waals surface area contributed by atoms with E-state index in [1.165, 1.54) is 29.2 Å². The van der Waals surface area contributed by atoms with E-state index in [9.17, 15) is 29.9 Å². The maximum Gasteiger partial charge on any atom is 0.295 e. The first-order valence-electron chi connectivity index (χ1n) is 8.24. The summed E-state index contributed by atoms with van der Waals surface area (Å²) in [7, 11) is 0. The SMILES string of the molecule is O=C1C(=O)N(CCO)C(c2ccc(Cl)cc2)C1=C(O)c1ccc([N+](=O)[O-])cc1. The molecule has 8 nitrogen and oxygen atoms in total. The first-order chi connectivity index (χ1) is 13.3. The number of ketones is 1. The number of non-ortho nitro benzene ring substituents is 1. The lowest BCUT2D eigenvalue weighted by Crippen LogP contribution is -2.32. The number of nitro benzene ring substituents is 1. The molecule has 2 N–H and O–H groups in total. The normalized spacial score (nSPS) is 18.5. The number of nitrogens with zero attached hydrogens (tertiary/aromatic N) is 2. The summed E-state index contributed by atoms with van der Waals surface area (Å²) >= 11 is 5.90. The molecule has 144 valence electrons. The fourth-order valence-corrected chi connectivity index (χ4v) is 3.23. The number of carbonyl (C=O) groups is 2. The van der Waals surface area contributed by atoms with E-state index in [0.29, 0.717) is 10.6 Å². The van der Waals surface area contributed by atoms with E-state index >= 15 is 0 Å². The predicted octanol–water partition coefficient (Wildman–Crippen LogP) is 2.66. The van der Waals surface area contributed by atoms with Crippen LogP contribution in [0.1, 0.15) is 17.2 Å². The van der Waals surface area contributed by atoms with E-state index in [0.717, 1.165) is 0 Å². The highest BCUT2D eigenvalue weighted by Gasteiger charge is 2.45. The average molecular weight is 403 g/mol. The third-order valence-corrected chi connectivity index (χ3v) is 4.67. The summed E-state index contributed by atoms with van der Waals surface area (Å²) in [6.07, 6.45) is 0. The zero-order valence-corrected chi connectivity index (χ0v) is 15.2. The lowest BCUT2D eigenvalue weighted by molar-refractivity contribution is -0.384. The molecule has 1 amide bonds. The number of rotatable bonds is 5. The van der Waals surface area contributed by atoms with Gasteiger partial charge in [-0.25, -0.2) is 0 Å². The van der Waals surface area contributed by atoms with E-state index in [1.54, 1.807) is 24.3 Å². The van der Waals surface area contributed by atoms with E-state index in [2.05, 4.69) is 0 Å². The second-order valence-corrected chi connectivity index (χ2v) is 6.51. The molecule has 0 spiro atoms. The van der Waals surface area contributed by atoms with Crippen LogP contribution in [-0.2, 0) is 9.59 Å². The van der Waals surface area contributed by atoms with Gasteiger partial charge in [-0.3, -0.25) is 19.7 Å². The van der Waals surface area contributed by atoms with Gasteiger partial charge in [0.25, 0.3) is 17.4 Å². The Morgan fingerprint density at radius 1 is 1.11 bits per heavy atom. The van der Waals surface area contributed by atoms with Crippen LogP contribution in [0.4, 0.5) is 5.69 Å². The Hall–Kier alpha value is -3.23. The lowest BCUT2D eigenvalue weighted by atomic mass is 9.95. The molecule has 0 radical (unpaired) electrons. The third kappa shape index (κ3) is 3.47. The van der Waals surface area contributed by atoms with Crippen molar-refractivity contribution >= 4 is 34.7 Å². The highest BCUT2D eigenvalue weighted by atomic mass is 35.5. The molecule has 2 aromatic carbocycles. The van der Waals surface area contributed by atoms with Crippen molar-refractivity contribution in [3.63, 3.8) is 0 Å². The number of Topliss-reactive ketones (excluding diaryl/α,β-unsaturated/α-hetero) is 1. The first kappa shape index (κ1) is 19.5. The molecule has 1 heterocycles. The van der Waals surface area contributed by atoms with Gasteiger partial charge in [0.1, 0.15) is 5.76 Å². The fraction of sp³-hybridized carbons (Fsp3) is 0.158. The Morgan fingerprint density at radius 2 is 1.71 bits per heavy atom. The van der Waals surface area contributed by atoms with Crippen molar-refractivity contribution in [1.82, 2.24) is 4.90 Å². The number of hydrogen-bond donors (Lipinski definition) is 2. The molecule has 0 saturated carbocycles. The van der Waals surface area contributed by atoms with Crippen LogP contribution in [0.25, 0.3) is 5.76 Å². The molecule has 1 saturated heterocycles. The van der Waals surface area contributed by atoms with Crippen molar-refractivity contribution in [3.05, 3.63) is 80.4 Å². The molecule has 1 unspecified atom stereocenters. The Labute approximate surface area is 164 Å². The lowest BCUT2D eigenvalue weighted by Gasteiger charge is -2.24. The van der Waals surface area contributed by atoms with Gasteiger partial charge >= 0.3 is 0 Å². The van der Waals surface area contributed by atoms with Gasteiger partial charge in [0.2, 0.25) is 0 Å². The van der Waals surface area contributed by atoms with Crippen molar-refractivity contribution in [3.8, 4) is 0 Å². The predicted molar refractivity (Wildman–Crippen MR) is 101 cm³/mol. The second kappa shape index (κ2) is 7.79. The Morgan fingerprint density at radius 3 is 2.25 bits per heavy atom. The summed E-state index contributed by atoms with van der Waals surface area (Å²) in [5.74, 6) is -2.20. The van der Waals surface area contributed by atoms with Gasteiger partial charge in [0.05, 0.1) is 23.1 Å². The zero-order chi connectivity index (χ0) is 20.4. The number of carbonyl (C=O) groups excluding carboxylic acids is 2. The molecule has 0 aliphatic carbocycles. The number of nitro groups is 1. The minimum absolute atomic E-state index is 0.102. The number of aliphatic hydroxyl groups is 2. The van der Waals surface area contributed by atoms with Crippen LogP contribution in [0.5, 0.6) is 0 Å². The molecule has 28 heavy (non-hydrogen) atoms. The van der Waals surface area contributed by atoms with Crippen molar-refractivity contribution < 1.29 is 24.7 Å². The molecule has 0 aromatic heterocycles. The van der Waals surface area contributed by atoms with E-state index in [4.69, 9.17) is 11.6 Å². The van der Waals surface area contributed by atoms with E-state index < -0.39 is 28.4 Å². The van der Waals surface area contributed by atoms with Crippen LogP contribution in [-0.4, -0.2) is 44.9 Å². The first-order valence-corrected chi connectivity index (χ1v) is 8.62. The van der Waals surface area contributed by atoms with Gasteiger partial charge < -0.3 is 15.1 Å². The molecule has 1 fully saturated rings. The zero-order valence-electron chi connectivity index (χ0n) is 14.4.